The molecule has 8 heteroatoms. The van der Waals surface area contributed by atoms with Crippen molar-refractivity contribution in [1.82, 2.24) is 14.5 Å². The molecule has 1 aliphatic heterocycles. The van der Waals surface area contributed by atoms with Gasteiger partial charge in [0.05, 0.1) is 22.7 Å². The normalized spacial score (nSPS) is 15.1. The molecule has 0 bridgehead atoms. The summed E-state index contributed by atoms with van der Waals surface area (Å²) in [7, 11) is 1.76. The molecule has 0 amide bonds. The van der Waals surface area contributed by atoms with Crippen LogP contribution in [0.1, 0.15) is 54.0 Å². The summed E-state index contributed by atoms with van der Waals surface area (Å²) in [6.07, 6.45) is 3.35. The third-order valence-corrected chi connectivity index (χ3v) is 5.77. The number of aromatic nitrogens is 3. The Kier molecular flexibility index (Phi) is 5.63. The number of benzene rings is 1. The van der Waals surface area contributed by atoms with Crippen molar-refractivity contribution in [3.63, 3.8) is 0 Å². The molecule has 0 aliphatic carbocycles. The number of para-hydroxylation sites is 1. The molecule has 0 radical (unpaired) electrons. The van der Waals surface area contributed by atoms with Gasteiger partial charge >= 0.3 is 5.97 Å². The Morgan fingerprint density at radius 2 is 1.87 bits per heavy atom. The zero-order valence-electron chi connectivity index (χ0n) is 18.1. The number of anilines is 2. The topological polar surface area (TPSA) is 100 Å². The van der Waals surface area contributed by atoms with Crippen molar-refractivity contribution in [3.05, 3.63) is 57.6 Å². The minimum Gasteiger partial charge on any atom is -0.478 e. The third-order valence-electron chi connectivity index (χ3n) is 5.77. The van der Waals surface area contributed by atoms with E-state index >= 15 is 0 Å². The summed E-state index contributed by atoms with van der Waals surface area (Å²) in [5.74, 6) is -0.348. The molecule has 162 valence electrons. The molecule has 31 heavy (non-hydrogen) atoms. The zero-order chi connectivity index (χ0) is 22.1. The second kappa shape index (κ2) is 8.37. The first kappa shape index (κ1) is 20.8. The Morgan fingerprint density at radius 1 is 1.16 bits per heavy atom. The van der Waals surface area contributed by atoms with Crippen LogP contribution in [0.5, 0.6) is 0 Å². The number of pyridine rings is 1. The van der Waals surface area contributed by atoms with Gasteiger partial charge in [0.2, 0.25) is 5.95 Å². The lowest BCUT2D eigenvalue weighted by Gasteiger charge is -2.29. The van der Waals surface area contributed by atoms with Crippen LogP contribution in [0, 0.1) is 6.92 Å². The number of rotatable bonds is 5. The fourth-order valence-electron chi connectivity index (χ4n) is 4.19. The van der Waals surface area contributed by atoms with Crippen molar-refractivity contribution < 1.29 is 9.90 Å². The average molecular weight is 422 g/mol. The highest BCUT2D eigenvalue weighted by molar-refractivity contribution is 5.94. The highest BCUT2D eigenvalue weighted by Crippen LogP contribution is 2.27. The third kappa shape index (κ3) is 3.97. The van der Waals surface area contributed by atoms with E-state index in [1.54, 1.807) is 41.9 Å². The number of nitrogens with one attached hydrogen (secondary N) is 1. The molecule has 0 spiro atoms. The minimum absolute atomic E-state index is 0.101. The smallest absolute Gasteiger partial charge is 0.337 e. The van der Waals surface area contributed by atoms with Crippen LogP contribution in [0.25, 0.3) is 10.9 Å². The molecule has 3 aromatic rings. The van der Waals surface area contributed by atoms with Crippen molar-refractivity contribution in [3.8, 4) is 0 Å². The van der Waals surface area contributed by atoms with Gasteiger partial charge in [0.15, 0.2) is 0 Å². The summed E-state index contributed by atoms with van der Waals surface area (Å²) in [4.78, 5) is 36.5. The van der Waals surface area contributed by atoms with E-state index in [1.165, 1.54) is 6.42 Å². The Morgan fingerprint density at radius 3 is 2.58 bits per heavy atom. The first-order chi connectivity index (χ1) is 14.9. The maximum absolute atomic E-state index is 13.2. The lowest BCUT2D eigenvalue weighted by Crippen LogP contribution is -2.35. The molecule has 2 N–H and O–H groups in total. The number of carbonyl (C=O) groups is 1. The Bertz CT molecular complexity index is 1200. The van der Waals surface area contributed by atoms with Gasteiger partial charge in [-0.2, -0.15) is 0 Å². The van der Waals surface area contributed by atoms with E-state index in [4.69, 9.17) is 4.98 Å². The van der Waals surface area contributed by atoms with Gasteiger partial charge in [-0.05, 0) is 51.3 Å². The van der Waals surface area contributed by atoms with E-state index in [2.05, 4.69) is 15.2 Å². The van der Waals surface area contributed by atoms with Gasteiger partial charge in [0.1, 0.15) is 5.52 Å². The van der Waals surface area contributed by atoms with Gasteiger partial charge in [0.25, 0.3) is 5.56 Å². The van der Waals surface area contributed by atoms with Crippen LogP contribution < -0.4 is 15.8 Å². The summed E-state index contributed by atoms with van der Waals surface area (Å²) < 4.78 is 1.62. The summed E-state index contributed by atoms with van der Waals surface area (Å²) in [5, 5.41) is 13.3. The number of hydrogen-bond donors (Lipinski definition) is 2. The molecular formula is C23H27N5O3. The van der Waals surface area contributed by atoms with Crippen molar-refractivity contribution >= 4 is 28.5 Å². The van der Waals surface area contributed by atoms with E-state index in [0.29, 0.717) is 33.9 Å². The number of aryl methyl sites for hydroxylation is 1. The minimum atomic E-state index is -1.00. The summed E-state index contributed by atoms with van der Waals surface area (Å²) in [6, 6.07) is 8.18. The number of hydrogen-bond acceptors (Lipinski definition) is 6. The van der Waals surface area contributed by atoms with Crippen LogP contribution >= 0.6 is 0 Å². The van der Waals surface area contributed by atoms with Gasteiger partial charge in [-0.3, -0.25) is 14.3 Å². The van der Waals surface area contributed by atoms with Gasteiger partial charge < -0.3 is 15.3 Å². The number of piperidine rings is 1. The molecule has 1 saturated heterocycles. The van der Waals surface area contributed by atoms with Gasteiger partial charge in [-0.15, -0.1) is 0 Å². The van der Waals surface area contributed by atoms with Crippen LogP contribution in [0.4, 0.5) is 11.6 Å². The van der Waals surface area contributed by atoms with Crippen molar-refractivity contribution in [2.75, 3.05) is 23.3 Å². The number of carboxylic acid groups (broad SMARTS) is 1. The van der Waals surface area contributed by atoms with E-state index in [0.717, 1.165) is 25.9 Å². The second-order valence-corrected chi connectivity index (χ2v) is 8.09. The number of aromatic carboxylic acids is 1. The molecule has 0 saturated carbocycles. The van der Waals surface area contributed by atoms with Crippen molar-refractivity contribution in [2.24, 2.45) is 7.05 Å². The Hall–Kier alpha value is -3.42. The first-order valence-corrected chi connectivity index (χ1v) is 10.6. The number of nitrogens with zero attached hydrogens (tertiary/aromatic N) is 4. The molecular weight excluding hydrogens is 394 g/mol. The predicted molar refractivity (Wildman–Crippen MR) is 121 cm³/mol. The largest absolute Gasteiger partial charge is 0.478 e. The quantitative estimate of drug-likeness (QED) is 0.650. The van der Waals surface area contributed by atoms with E-state index < -0.39 is 5.97 Å². The Balaban J connectivity index is 1.83. The first-order valence-electron chi connectivity index (χ1n) is 10.6. The molecule has 1 atom stereocenters. The van der Waals surface area contributed by atoms with E-state index in [1.807, 2.05) is 13.8 Å². The van der Waals surface area contributed by atoms with Gasteiger partial charge in [0, 0.05) is 31.5 Å². The number of carboxylic acids is 1. The molecule has 1 aromatic carbocycles. The summed E-state index contributed by atoms with van der Waals surface area (Å²) in [6.45, 7) is 5.50. The maximum atomic E-state index is 13.2. The average Bonchev–Trinajstić information content (AvgIpc) is 2.77. The number of fused-ring (bicyclic) bond motifs is 1. The lowest BCUT2D eigenvalue weighted by atomic mass is 10.1. The highest BCUT2D eigenvalue weighted by Gasteiger charge is 2.22. The van der Waals surface area contributed by atoms with Crippen LogP contribution in [0.2, 0.25) is 0 Å². The summed E-state index contributed by atoms with van der Waals surface area (Å²) >= 11 is 0. The molecule has 4 rings (SSSR count). The molecule has 8 nitrogen and oxygen atoms in total. The van der Waals surface area contributed by atoms with Crippen LogP contribution in [0.3, 0.4) is 0 Å². The molecule has 1 fully saturated rings. The maximum Gasteiger partial charge on any atom is 0.337 e. The fourth-order valence-corrected chi connectivity index (χ4v) is 4.19. The van der Waals surface area contributed by atoms with Crippen molar-refractivity contribution in [1.29, 1.82) is 0 Å². The van der Waals surface area contributed by atoms with Gasteiger partial charge in [-0.1, -0.05) is 12.1 Å². The zero-order valence-corrected chi connectivity index (χ0v) is 18.1. The van der Waals surface area contributed by atoms with E-state index in [-0.39, 0.29) is 17.2 Å². The monoisotopic (exact) mass is 421 g/mol. The van der Waals surface area contributed by atoms with Crippen LogP contribution in [0.15, 0.2) is 35.1 Å². The molecule has 1 unspecified atom stereocenters. The molecule has 3 heterocycles. The SMILES string of the molecule is Cc1cc2c(=O)n(C)c(N3CCCCC3)nc2c(C(C)Nc2ccccc2C(=O)O)n1. The lowest BCUT2D eigenvalue weighted by molar-refractivity contribution is 0.0698. The van der Waals surface area contributed by atoms with Crippen LogP contribution in [-0.2, 0) is 7.05 Å². The Labute approximate surface area is 180 Å². The fraction of sp³-hybridized carbons (Fsp3) is 0.391. The second-order valence-electron chi connectivity index (χ2n) is 8.09. The predicted octanol–water partition coefficient (Wildman–Crippen LogP) is 3.50. The van der Waals surface area contributed by atoms with Crippen molar-refractivity contribution in [2.45, 2.75) is 39.2 Å². The highest BCUT2D eigenvalue weighted by atomic mass is 16.4. The summed E-state index contributed by atoms with van der Waals surface area (Å²) in [5.41, 5.74) is 2.49. The van der Waals surface area contributed by atoms with Crippen LogP contribution in [-0.4, -0.2) is 38.7 Å². The molecule has 1 aliphatic rings. The van der Waals surface area contributed by atoms with Gasteiger partial charge in [-0.25, -0.2) is 9.78 Å². The van der Waals surface area contributed by atoms with E-state index in [9.17, 15) is 14.7 Å². The standard InChI is InChI=1S/C23H27N5O3/c1-14-13-17-20(26-23(27(3)21(17)29)28-11-7-4-8-12-28)19(24-14)15(2)25-18-10-6-5-9-16(18)22(30)31/h5-6,9-10,13,15,25H,4,7-8,11-12H2,1-3H3,(H,30,31). The molecule has 2 aromatic heterocycles.